The molecule has 0 aliphatic rings. The summed E-state index contributed by atoms with van der Waals surface area (Å²) in [5, 5.41) is 3.01. The van der Waals surface area contributed by atoms with E-state index in [2.05, 4.69) is 25.0 Å². The summed E-state index contributed by atoms with van der Waals surface area (Å²) >= 11 is 0. The van der Waals surface area contributed by atoms with Crippen molar-refractivity contribution in [2.45, 2.75) is 32.4 Å². The quantitative estimate of drug-likeness (QED) is 0.898. The zero-order valence-electron chi connectivity index (χ0n) is 13.0. The molecule has 0 radical (unpaired) electrons. The van der Waals surface area contributed by atoms with Gasteiger partial charge in [-0.3, -0.25) is 4.72 Å². The molecule has 0 aromatic carbocycles. The third kappa shape index (κ3) is 3.91. The highest BCUT2D eigenvalue weighted by Crippen LogP contribution is 2.20. The summed E-state index contributed by atoms with van der Waals surface area (Å²) in [5.74, 6) is 1.98. The van der Waals surface area contributed by atoms with Crippen LogP contribution in [-0.4, -0.2) is 28.1 Å². The second-order valence-corrected chi connectivity index (χ2v) is 8.18. The molecule has 0 unspecified atom stereocenters. The second kappa shape index (κ2) is 5.88. The van der Waals surface area contributed by atoms with Crippen LogP contribution >= 0.6 is 0 Å². The summed E-state index contributed by atoms with van der Waals surface area (Å²) in [4.78, 5) is 12.5. The van der Waals surface area contributed by atoms with Gasteiger partial charge < -0.3 is 5.32 Å². The predicted octanol–water partition coefficient (Wildman–Crippen LogP) is 2.46. The average Bonchev–Trinajstić information content (AvgIpc) is 2.37. The van der Waals surface area contributed by atoms with Crippen LogP contribution in [0.15, 0.2) is 30.5 Å². The van der Waals surface area contributed by atoms with Gasteiger partial charge in [0.05, 0.1) is 4.75 Å². The van der Waals surface area contributed by atoms with E-state index in [9.17, 15) is 8.42 Å². The van der Waals surface area contributed by atoms with E-state index in [1.807, 2.05) is 0 Å². The van der Waals surface area contributed by atoms with Crippen LogP contribution in [0.1, 0.15) is 26.6 Å². The highest BCUT2D eigenvalue weighted by Gasteiger charge is 2.29. The summed E-state index contributed by atoms with van der Waals surface area (Å²) in [7, 11) is -3.51. The molecule has 2 aromatic heterocycles. The van der Waals surface area contributed by atoms with Gasteiger partial charge in [0, 0.05) is 6.20 Å². The van der Waals surface area contributed by atoms with Crippen molar-refractivity contribution in [3.05, 3.63) is 36.3 Å². The summed E-state index contributed by atoms with van der Waals surface area (Å²) in [5.41, 5.74) is 0. The van der Waals surface area contributed by atoms with Crippen molar-refractivity contribution < 1.29 is 8.42 Å². The number of hydrogen-bond donors (Lipinski definition) is 2. The zero-order chi connectivity index (χ0) is 16.4. The molecule has 0 bridgehead atoms. The minimum atomic E-state index is -3.51. The van der Waals surface area contributed by atoms with E-state index in [-0.39, 0.29) is 5.82 Å². The van der Waals surface area contributed by atoms with Gasteiger partial charge in [-0.05, 0) is 45.9 Å². The minimum Gasteiger partial charge on any atom is -0.325 e. The normalized spacial score (nSPS) is 12.0. The summed E-state index contributed by atoms with van der Waals surface area (Å²) in [6.45, 7) is 6.66. The molecular formula is C14H19N5O2S. The minimum absolute atomic E-state index is 0.255. The molecule has 0 spiro atoms. The Balaban J connectivity index is 2.21. The number of hydrogen-bond acceptors (Lipinski definition) is 6. The predicted molar refractivity (Wildman–Crippen MR) is 86.6 cm³/mol. The number of anilines is 3. The maximum atomic E-state index is 12.1. The lowest BCUT2D eigenvalue weighted by molar-refractivity contribution is 0.566. The van der Waals surface area contributed by atoms with E-state index in [0.717, 1.165) is 0 Å². The lowest BCUT2D eigenvalue weighted by Gasteiger charge is -2.20. The zero-order valence-corrected chi connectivity index (χ0v) is 13.8. The van der Waals surface area contributed by atoms with Crippen molar-refractivity contribution in [1.29, 1.82) is 0 Å². The van der Waals surface area contributed by atoms with Crippen molar-refractivity contribution >= 4 is 27.5 Å². The fourth-order valence-corrected chi connectivity index (χ4v) is 2.20. The standard InChI is InChI=1S/C14H19N5O2S/c1-10-15-9-8-12(16-10)17-11-6-5-7-13(18-11)19-22(20,21)14(2,3)4/h5-9H,1-4H3,(H2,15,16,17,18,19). The van der Waals surface area contributed by atoms with Gasteiger partial charge in [0.25, 0.3) is 0 Å². The highest BCUT2D eigenvalue weighted by atomic mass is 32.2. The maximum Gasteiger partial charge on any atom is 0.238 e. The van der Waals surface area contributed by atoms with E-state index in [4.69, 9.17) is 0 Å². The number of nitrogens with one attached hydrogen (secondary N) is 2. The number of aryl methyl sites for hydroxylation is 1. The summed E-state index contributed by atoms with van der Waals surface area (Å²) in [6, 6.07) is 6.75. The van der Waals surface area contributed by atoms with Gasteiger partial charge in [-0.15, -0.1) is 0 Å². The fraction of sp³-hybridized carbons (Fsp3) is 0.357. The van der Waals surface area contributed by atoms with Crippen molar-refractivity contribution in [3.8, 4) is 0 Å². The largest absolute Gasteiger partial charge is 0.325 e. The van der Waals surface area contributed by atoms with Crippen molar-refractivity contribution in [2.24, 2.45) is 0 Å². The molecule has 2 N–H and O–H groups in total. The molecule has 0 aliphatic heterocycles. The van der Waals surface area contributed by atoms with E-state index in [0.29, 0.717) is 17.5 Å². The number of rotatable bonds is 4. The van der Waals surface area contributed by atoms with E-state index < -0.39 is 14.8 Å². The van der Waals surface area contributed by atoms with Crippen molar-refractivity contribution in [2.75, 3.05) is 10.0 Å². The summed E-state index contributed by atoms with van der Waals surface area (Å²) < 4.78 is 25.9. The molecule has 7 nitrogen and oxygen atoms in total. The molecule has 2 rings (SSSR count). The number of sulfonamides is 1. The van der Waals surface area contributed by atoms with Gasteiger partial charge in [0.2, 0.25) is 10.0 Å². The topological polar surface area (TPSA) is 96.9 Å². The Labute approximate surface area is 130 Å². The molecule has 118 valence electrons. The van der Waals surface area contributed by atoms with Crippen LogP contribution < -0.4 is 10.0 Å². The van der Waals surface area contributed by atoms with Crippen LogP contribution in [0, 0.1) is 6.92 Å². The molecule has 2 heterocycles. The van der Waals surface area contributed by atoms with E-state index in [1.165, 1.54) is 0 Å². The first kappa shape index (κ1) is 16.2. The Hall–Kier alpha value is -2.22. The van der Waals surface area contributed by atoms with Gasteiger partial charge in [-0.2, -0.15) is 0 Å². The SMILES string of the molecule is Cc1nccc(Nc2cccc(NS(=O)(=O)C(C)(C)C)n2)n1. The van der Waals surface area contributed by atoms with Gasteiger partial charge in [-0.1, -0.05) is 6.07 Å². The van der Waals surface area contributed by atoms with Crippen LogP contribution in [0.4, 0.5) is 17.5 Å². The second-order valence-electron chi connectivity index (χ2n) is 5.74. The summed E-state index contributed by atoms with van der Waals surface area (Å²) in [6.07, 6.45) is 1.64. The van der Waals surface area contributed by atoms with Crippen LogP contribution in [-0.2, 0) is 10.0 Å². The maximum absolute atomic E-state index is 12.1. The van der Waals surface area contributed by atoms with Gasteiger partial charge in [0.1, 0.15) is 23.3 Å². The molecular weight excluding hydrogens is 302 g/mol. The Morgan fingerprint density at radius 2 is 1.64 bits per heavy atom. The smallest absolute Gasteiger partial charge is 0.238 e. The Morgan fingerprint density at radius 1 is 1.00 bits per heavy atom. The van der Waals surface area contributed by atoms with Crippen LogP contribution in [0.25, 0.3) is 0 Å². The van der Waals surface area contributed by atoms with Gasteiger partial charge in [-0.25, -0.2) is 23.4 Å². The first-order valence-corrected chi connectivity index (χ1v) is 8.22. The molecule has 0 saturated carbocycles. The fourth-order valence-electron chi connectivity index (χ4n) is 1.51. The Morgan fingerprint density at radius 3 is 2.27 bits per heavy atom. The monoisotopic (exact) mass is 321 g/mol. The molecule has 2 aromatic rings. The van der Waals surface area contributed by atoms with Crippen molar-refractivity contribution in [1.82, 2.24) is 15.0 Å². The van der Waals surface area contributed by atoms with Crippen LogP contribution in [0.5, 0.6) is 0 Å². The number of pyridine rings is 1. The first-order valence-electron chi connectivity index (χ1n) is 6.73. The van der Waals surface area contributed by atoms with Crippen molar-refractivity contribution in [3.63, 3.8) is 0 Å². The third-order valence-corrected chi connectivity index (χ3v) is 4.92. The van der Waals surface area contributed by atoms with E-state index >= 15 is 0 Å². The average molecular weight is 321 g/mol. The van der Waals surface area contributed by atoms with Crippen LogP contribution in [0.3, 0.4) is 0 Å². The Kier molecular flexibility index (Phi) is 4.32. The molecule has 0 atom stereocenters. The lowest BCUT2D eigenvalue weighted by atomic mass is 10.3. The molecule has 8 heteroatoms. The highest BCUT2D eigenvalue weighted by molar-refractivity contribution is 7.94. The van der Waals surface area contributed by atoms with Gasteiger partial charge >= 0.3 is 0 Å². The molecule has 0 aliphatic carbocycles. The molecule has 0 fully saturated rings. The first-order chi connectivity index (χ1) is 10.2. The van der Waals surface area contributed by atoms with E-state index in [1.54, 1.807) is 58.2 Å². The number of aromatic nitrogens is 3. The van der Waals surface area contributed by atoms with Gasteiger partial charge in [0.15, 0.2) is 0 Å². The molecule has 0 saturated heterocycles. The third-order valence-electron chi connectivity index (χ3n) is 2.83. The lowest BCUT2D eigenvalue weighted by Crippen LogP contribution is -2.34. The molecule has 22 heavy (non-hydrogen) atoms. The Bertz CT molecular complexity index is 769. The number of nitrogens with zero attached hydrogens (tertiary/aromatic N) is 3. The van der Waals surface area contributed by atoms with Crippen LogP contribution in [0.2, 0.25) is 0 Å². The molecule has 0 amide bonds.